The van der Waals surface area contributed by atoms with E-state index in [0.29, 0.717) is 17.1 Å². The van der Waals surface area contributed by atoms with E-state index in [0.717, 1.165) is 16.8 Å². The van der Waals surface area contributed by atoms with Gasteiger partial charge in [-0.15, -0.1) is 11.3 Å². The molecule has 2 rings (SSSR count). The third-order valence-corrected chi connectivity index (χ3v) is 3.45. The van der Waals surface area contributed by atoms with Gasteiger partial charge >= 0.3 is 6.18 Å². The van der Waals surface area contributed by atoms with Crippen LogP contribution in [-0.4, -0.2) is 24.2 Å². The first kappa shape index (κ1) is 13.3. The van der Waals surface area contributed by atoms with Crippen molar-refractivity contribution in [1.82, 2.24) is 10.0 Å². The molecule has 1 heterocycles. The summed E-state index contributed by atoms with van der Waals surface area (Å²) >= 11 is 1.36. The molecule has 1 aromatic heterocycles. The molecule has 0 aliphatic rings. The van der Waals surface area contributed by atoms with Crippen LogP contribution in [0.3, 0.4) is 0 Å². The molecule has 0 unspecified atom stereocenters. The topological polar surface area (TPSA) is 25.4 Å². The first-order valence-corrected chi connectivity index (χ1v) is 5.93. The lowest BCUT2D eigenvalue weighted by Crippen LogP contribution is -2.15. The lowest BCUT2D eigenvalue weighted by molar-refractivity contribution is -0.137. The lowest BCUT2D eigenvalue weighted by Gasteiger charge is -2.10. The maximum absolute atomic E-state index is 12.5. The molecule has 0 aliphatic heterocycles. The van der Waals surface area contributed by atoms with Gasteiger partial charge in [-0.1, -0.05) is 0 Å². The van der Waals surface area contributed by atoms with E-state index in [2.05, 4.69) is 4.98 Å². The molecule has 0 bridgehead atoms. The minimum absolute atomic E-state index is 0.370. The van der Waals surface area contributed by atoms with E-state index >= 15 is 0 Å². The third-order valence-electron chi connectivity index (χ3n) is 2.43. The fraction of sp³-hybridized carbons (Fsp3) is 0.364. The molecule has 0 N–H and O–H groups in total. The van der Waals surface area contributed by atoms with Crippen LogP contribution >= 0.6 is 11.3 Å². The molecule has 18 heavy (non-hydrogen) atoms. The second-order valence-electron chi connectivity index (χ2n) is 3.76. The number of hydrogen-bond donors (Lipinski definition) is 0. The molecule has 1 aromatic carbocycles. The molecule has 0 atom stereocenters. The van der Waals surface area contributed by atoms with Crippen molar-refractivity contribution in [2.45, 2.75) is 12.7 Å². The highest BCUT2D eigenvalue weighted by molar-refractivity contribution is 7.18. The van der Waals surface area contributed by atoms with E-state index in [1.165, 1.54) is 24.5 Å². The summed E-state index contributed by atoms with van der Waals surface area (Å²) in [5.74, 6) is 0. The Hall–Kier alpha value is -1.18. The summed E-state index contributed by atoms with van der Waals surface area (Å²) in [4.78, 5) is 9.12. The first-order chi connectivity index (χ1) is 8.40. The molecule has 2 aromatic rings. The molecule has 0 saturated carbocycles. The van der Waals surface area contributed by atoms with Gasteiger partial charge in [0, 0.05) is 7.05 Å². The Morgan fingerprint density at radius 3 is 2.72 bits per heavy atom. The Bertz CT molecular complexity index is 553. The summed E-state index contributed by atoms with van der Waals surface area (Å²) in [5, 5.41) is 2.27. The van der Waals surface area contributed by atoms with Gasteiger partial charge in [0.2, 0.25) is 0 Å². The highest BCUT2D eigenvalue weighted by Crippen LogP contribution is 2.32. The van der Waals surface area contributed by atoms with Crippen LogP contribution < -0.4 is 0 Å². The van der Waals surface area contributed by atoms with Crippen molar-refractivity contribution in [2.24, 2.45) is 0 Å². The van der Waals surface area contributed by atoms with Crippen LogP contribution in [0.25, 0.3) is 10.2 Å². The Morgan fingerprint density at radius 1 is 1.39 bits per heavy atom. The van der Waals surface area contributed by atoms with Crippen LogP contribution in [0, 0.1) is 0 Å². The van der Waals surface area contributed by atoms with Crippen molar-refractivity contribution >= 4 is 21.6 Å². The zero-order valence-corrected chi connectivity index (χ0v) is 10.6. The molecular formula is C11H11F3N2OS. The van der Waals surface area contributed by atoms with Crippen LogP contribution in [0.1, 0.15) is 10.6 Å². The van der Waals surface area contributed by atoms with Gasteiger partial charge in [-0.3, -0.25) is 0 Å². The predicted octanol–water partition coefficient (Wildman–Crippen LogP) is 3.31. The number of halogens is 3. The number of fused-ring (bicyclic) bond motifs is 1. The average molecular weight is 276 g/mol. The van der Waals surface area contributed by atoms with Crippen molar-refractivity contribution in [1.29, 1.82) is 0 Å². The molecule has 0 aliphatic carbocycles. The molecule has 0 fully saturated rings. The van der Waals surface area contributed by atoms with Gasteiger partial charge < -0.3 is 4.84 Å². The number of hydrogen-bond acceptors (Lipinski definition) is 4. The predicted molar refractivity (Wildman–Crippen MR) is 63.1 cm³/mol. The van der Waals surface area contributed by atoms with E-state index in [1.807, 2.05) is 0 Å². The largest absolute Gasteiger partial charge is 0.416 e. The Kier molecular flexibility index (Phi) is 3.56. The minimum atomic E-state index is -4.33. The highest BCUT2D eigenvalue weighted by atomic mass is 32.1. The smallest absolute Gasteiger partial charge is 0.302 e. The summed E-state index contributed by atoms with van der Waals surface area (Å²) in [7, 11) is 3.25. The van der Waals surface area contributed by atoms with Crippen LogP contribution in [0.15, 0.2) is 18.2 Å². The van der Waals surface area contributed by atoms with Crippen LogP contribution in [0.4, 0.5) is 13.2 Å². The Balaban J connectivity index is 2.34. The van der Waals surface area contributed by atoms with Gasteiger partial charge in [0.1, 0.15) is 5.01 Å². The molecule has 0 spiro atoms. The minimum Gasteiger partial charge on any atom is -0.302 e. The van der Waals surface area contributed by atoms with E-state index in [9.17, 15) is 13.2 Å². The van der Waals surface area contributed by atoms with Crippen molar-refractivity contribution in [3.63, 3.8) is 0 Å². The van der Waals surface area contributed by atoms with Gasteiger partial charge in [0.25, 0.3) is 0 Å². The highest BCUT2D eigenvalue weighted by Gasteiger charge is 2.30. The average Bonchev–Trinajstić information content (AvgIpc) is 2.68. The quantitative estimate of drug-likeness (QED) is 0.804. The fourth-order valence-electron chi connectivity index (χ4n) is 1.47. The van der Waals surface area contributed by atoms with Gasteiger partial charge in [-0.2, -0.15) is 18.2 Å². The van der Waals surface area contributed by atoms with Crippen LogP contribution in [0.2, 0.25) is 0 Å². The zero-order chi connectivity index (χ0) is 13.3. The monoisotopic (exact) mass is 276 g/mol. The Morgan fingerprint density at radius 2 is 2.11 bits per heavy atom. The summed E-state index contributed by atoms with van der Waals surface area (Å²) in [6.07, 6.45) is -4.33. The standard InChI is InChI=1S/C11H11F3N2OS/c1-16(17-2)6-10-15-8-5-7(11(12,13)14)3-4-9(8)18-10/h3-5H,6H2,1-2H3. The SMILES string of the molecule is CON(C)Cc1nc2cc(C(F)(F)F)ccc2s1. The number of rotatable bonds is 3. The molecular weight excluding hydrogens is 265 g/mol. The van der Waals surface area contributed by atoms with E-state index in [1.54, 1.807) is 12.1 Å². The van der Waals surface area contributed by atoms with Gasteiger partial charge in [-0.05, 0) is 18.2 Å². The van der Waals surface area contributed by atoms with Gasteiger partial charge in [0.15, 0.2) is 0 Å². The summed E-state index contributed by atoms with van der Waals surface area (Å²) in [6.45, 7) is 0.442. The summed E-state index contributed by atoms with van der Waals surface area (Å²) < 4.78 is 38.3. The van der Waals surface area contributed by atoms with E-state index < -0.39 is 11.7 Å². The number of thiazole rings is 1. The van der Waals surface area contributed by atoms with E-state index in [4.69, 9.17) is 4.84 Å². The van der Waals surface area contributed by atoms with Crippen LogP contribution in [-0.2, 0) is 17.6 Å². The molecule has 98 valence electrons. The number of benzene rings is 1. The summed E-state index contributed by atoms with van der Waals surface area (Å²) in [6, 6.07) is 3.60. The third kappa shape index (κ3) is 2.80. The summed E-state index contributed by atoms with van der Waals surface area (Å²) in [5.41, 5.74) is -0.304. The maximum Gasteiger partial charge on any atom is 0.416 e. The van der Waals surface area contributed by atoms with Crippen molar-refractivity contribution in [3.8, 4) is 0 Å². The van der Waals surface area contributed by atoms with Gasteiger partial charge in [-0.25, -0.2) is 4.98 Å². The molecule has 7 heteroatoms. The second-order valence-corrected chi connectivity index (χ2v) is 4.87. The number of hydroxylamine groups is 2. The first-order valence-electron chi connectivity index (χ1n) is 5.12. The van der Waals surface area contributed by atoms with Crippen molar-refractivity contribution in [2.75, 3.05) is 14.2 Å². The molecule has 0 saturated heterocycles. The van der Waals surface area contributed by atoms with E-state index in [-0.39, 0.29) is 0 Å². The lowest BCUT2D eigenvalue weighted by atomic mass is 10.2. The van der Waals surface area contributed by atoms with Gasteiger partial charge in [0.05, 0.1) is 29.4 Å². The number of aromatic nitrogens is 1. The normalized spacial score (nSPS) is 12.6. The molecule has 3 nitrogen and oxygen atoms in total. The molecule has 0 radical (unpaired) electrons. The number of alkyl halides is 3. The number of nitrogens with zero attached hydrogens (tertiary/aromatic N) is 2. The van der Waals surface area contributed by atoms with Crippen molar-refractivity contribution < 1.29 is 18.0 Å². The van der Waals surface area contributed by atoms with Crippen LogP contribution in [0.5, 0.6) is 0 Å². The molecule has 0 amide bonds. The van der Waals surface area contributed by atoms with Crippen molar-refractivity contribution in [3.05, 3.63) is 28.8 Å². The second kappa shape index (κ2) is 4.83. The Labute approximate surface area is 106 Å². The maximum atomic E-state index is 12.5. The fourth-order valence-corrected chi connectivity index (χ4v) is 2.46. The zero-order valence-electron chi connectivity index (χ0n) is 9.78.